The Bertz CT molecular complexity index is 540. The molecule has 1 N–H and O–H groups in total. The summed E-state index contributed by atoms with van der Waals surface area (Å²) >= 11 is 0. The van der Waals surface area contributed by atoms with Crippen LogP contribution in [0.25, 0.3) is 0 Å². The van der Waals surface area contributed by atoms with Gasteiger partial charge in [0.2, 0.25) is 0 Å². The fraction of sp³-hybridized carbons (Fsp3) is 0.250. The number of anilines is 1. The van der Waals surface area contributed by atoms with Gasteiger partial charge in [-0.1, -0.05) is 5.21 Å². The smallest absolute Gasteiger partial charge is 0.174 e. The molecule has 18 heavy (non-hydrogen) atoms. The van der Waals surface area contributed by atoms with Crippen LogP contribution in [0.5, 0.6) is 5.75 Å². The van der Waals surface area contributed by atoms with Gasteiger partial charge in [-0.25, -0.2) is 0 Å². The van der Waals surface area contributed by atoms with E-state index in [9.17, 15) is 0 Å². The van der Waals surface area contributed by atoms with E-state index in [4.69, 9.17) is 10.00 Å². The molecule has 92 valence electrons. The molecule has 0 spiro atoms. The maximum atomic E-state index is 8.39. The lowest BCUT2D eigenvalue weighted by molar-refractivity contribution is 0.368. The highest BCUT2D eigenvalue weighted by Crippen LogP contribution is 2.15. The lowest BCUT2D eigenvalue weighted by atomic mass is 10.3. The van der Waals surface area contributed by atoms with Crippen molar-refractivity contribution in [1.29, 1.82) is 5.26 Å². The van der Waals surface area contributed by atoms with Crippen molar-refractivity contribution in [3.8, 4) is 11.8 Å². The van der Waals surface area contributed by atoms with E-state index in [1.165, 1.54) is 0 Å². The molecule has 0 saturated heterocycles. The molecule has 0 aliphatic carbocycles. The number of nitrogens with one attached hydrogen (secondary N) is 1. The zero-order valence-electron chi connectivity index (χ0n) is 10.00. The molecule has 6 nitrogen and oxygen atoms in total. The van der Waals surface area contributed by atoms with Crippen LogP contribution in [0.4, 0.5) is 5.69 Å². The first-order valence-corrected chi connectivity index (χ1v) is 5.47. The molecule has 2 aromatic rings. The SMILES string of the molecule is Cn1cc(CNc2ccc(OCC#N)cc2)nn1. The van der Waals surface area contributed by atoms with Crippen LogP contribution in [0.1, 0.15) is 5.69 Å². The second kappa shape index (κ2) is 5.68. The minimum absolute atomic E-state index is 0.0619. The average Bonchev–Trinajstić information content (AvgIpc) is 2.81. The van der Waals surface area contributed by atoms with E-state index in [0.717, 1.165) is 11.4 Å². The Balaban J connectivity index is 1.88. The summed E-state index contributed by atoms with van der Waals surface area (Å²) in [4.78, 5) is 0. The molecule has 1 aromatic heterocycles. The van der Waals surface area contributed by atoms with Gasteiger partial charge in [-0.15, -0.1) is 5.10 Å². The van der Waals surface area contributed by atoms with Crippen molar-refractivity contribution < 1.29 is 4.74 Å². The Kier molecular flexibility index (Phi) is 3.76. The van der Waals surface area contributed by atoms with E-state index < -0.39 is 0 Å². The minimum Gasteiger partial charge on any atom is -0.479 e. The summed E-state index contributed by atoms with van der Waals surface area (Å²) in [6.07, 6.45) is 1.86. The number of ether oxygens (including phenoxy) is 1. The number of nitrogens with zero attached hydrogens (tertiary/aromatic N) is 4. The van der Waals surface area contributed by atoms with Crippen LogP contribution in [0.2, 0.25) is 0 Å². The van der Waals surface area contributed by atoms with Crippen LogP contribution in [0, 0.1) is 11.3 Å². The summed E-state index contributed by atoms with van der Waals surface area (Å²) in [6, 6.07) is 9.34. The zero-order valence-corrected chi connectivity index (χ0v) is 10.00. The summed E-state index contributed by atoms with van der Waals surface area (Å²) in [6.45, 7) is 0.679. The molecule has 0 unspecified atom stereocenters. The van der Waals surface area contributed by atoms with Crippen LogP contribution in [-0.4, -0.2) is 21.6 Å². The third kappa shape index (κ3) is 3.22. The quantitative estimate of drug-likeness (QED) is 0.857. The second-order valence-electron chi connectivity index (χ2n) is 3.71. The van der Waals surface area contributed by atoms with Crippen molar-refractivity contribution in [3.05, 3.63) is 36.2 Å². The third-order valence-electron chi connectivity index (χ3n) is 2.28. The number of aromatic nitrogens is 3. The summed E-state index contributed by atoms with van der Waals surface area (Å²) < 4.78 is 6.82. The third-order valence-corrected chi connectivity index (χ3v) is 2.28. The van der Waals surface area contributed by atoms with Gasteiger partial charge in [0.05, 0.1) is 6.54 Å². The lowest BCUT2D eigenvalue weighted by Gasteiger charge is -2.05. The number of nitriles is 1. The van der Waals surface area contributed by atoms with Gasteiger partial charge in [0.25, 0.3) is 0 Å². The Morgan fingerprint density at radius 3 is 2.78 bits per heavy atom. The van der Waals surface area contributed by atoms with E-state index in [1.807, 2.05) is 43.6 Å². The molecule has 1 heterocycles. The predicted molar refractivity (Wildman–Crippen MR) is 65.9 cm³/mol. The highest BCUT2D eigenvalue weighted by Gasteiger charge is 1.99. The van der Waals surface area contributed by atoms with Gasteiger partial charge in [-0.3, -0.25) is 4.68 Å². The molecule has 0 radical (unpaired) electrons. The topological polar surface area (TPSA) is 75.8 Å². The largest absolute Gasteiger partial charge is 0.479 e. The van der Waals surface area contributed by atoms with E-state index in [2.05, 4.69) is 15.6 Å². The van der Waals surface area contributed by atoms with Gasteiger partial charge < -0.3 is 10.1 Å². The van der Waals surface area contributed by atoms with Crippen LogP contribution < -0.4 is 10.1 Å². The molecule has 0 aliphatic rings. The van der Waals surface area contributed by atoms with Crippen molar-refractivity contribution >= 4 is 5.69 Å². The Morgan fingerprint density at radius 2 is 2.17 bits per heavy atom. The fourth-order valence-corrected chi connectivity index (χ4v) is 1.45. The first-order valence-electron chi connectivity index (χ1n) is 5.47. The predicted octanol–water partition coefficient (Wildman–Crippen LogP) is 1.33. The molecule has 6 heteroatoms. The molecule has 0 saturated carbocycles. The maximum absolute atomic E-state index is 8.39. The molecule has 1 aromatic carbocycles. The Hall–Kier alpha value is -2.55. The second-order valence-corrected chi connectivity index (χ2v) is 3.71. The summed E-state index contributed by atoms with van der Waals surface area (Å²) in [5, 5.41) is 19.4. The molecular formula is C12H13N5O. The molecular weight excluding hydrogens is 230 g/mol. The summed E-state index contributed by atoms with van der Waals surface area (Å²) in [5.74, 6) is 0.682. The number of hydrogen-bond acceptors (Lipinski definition) is 5. The first-order chi connectivity index (χ1) is 8.78. The van der Waals surface area contributed by atoms with Crippen LogP contribution >= 0.6 is 0 Å². The Morgan fingerprint density at radius 1 is 1.39 bits per heavy atom. The van der Waals surface area contributed by atoms with Crippen molar-refractivity contribution in [2.75, 3.05) is 11.9 Å². The van der Waals surface area contributed by atoms with Crippen LogP contribution in [0.15, 0.2) is 30.5 Å². The number of aryl methyl sites for hydroxylation is 1. The van der Waals surface area contributed by atoms with E-state index in [0.29, 0.717) is 12.3 Å². The van der Waals surface area contributed by atoms with Crippen molar-refractivity contribution in [2.24, 2.45) is 7.05 Å². The summed E-state index contributed by atoms with van der Waals surface area (Å²) in [7, 11) is 1.83. The van der Waals surface area contributed by atoms with Gasteiger partial charge in [-0.2, -0.15) is 5.26 Å². The number of benzene rings is 1. The van der Waals surface area contributed by atoms with Gasteiger partial charge in [-0.05, 0) is 24.3 Å². The summed E-state index contributed by atoms with van der Waals surface area (Å²) in [5.41, 5.74) is 1.84. The first kappa shape index (κ1) is 11.9. The van der Waals surface area contributed by atoms with Gasteiger partial charge in [0.15, 0.2) is 6.61 Å². The average molecular weight is 243 g/mol. The van der Waals surface area contributed by atoms with Gasteiger partial charge in [0.1, 0.15) is 17.5 Å². The van der Waals surface area contributed by atoms with Crippen molar-refractivity contribution in [3.63, 3.8) is 0 Å². The Labute approximate surface area is 105 Å². The zero-order chi connectivity index (χ0) is 12.8. The molecule has 2 rings (SSSR count). The van der Waals surface area contributed by atoms with E-state index in [1.54, 1.807) is 4.68 Å². The van der Waals surface area contributed by atoms with Gasteiger partial charge in [0, 0.05) is 18.9 Å². The van der Waals surface area contributed by atoms with Crippen LogP contribution in [-0.2, 0) is 13.6 Å². The maximum Gasteiger partial charge on any atom is 0.174 e. The molecule has 0 atom stereocenters. The monoisotopic (exact) mass is 243 g/mol. The molecule has 0 aliphatic heterocycles. The minimum atomic E-state index is 0.0619. The normalized spacial score (nSPS) is 9.78. The number of hydrogen-bond donors (Lipinski definition) is 1. The number of rotatable bonds is 5. The van der Waals surface area contributed by atoms with Gasteiger partial charge >= 0.3 is 0 Å². The van der Waals surface area contributed by atoms with Crippen LogP contribution in [0.3, 0.4) is 0 Å². The molecule has 0 amide bonds. The van der Waals surface area contributed by atoms with E-state index in [-0.39, 0.29) is 6.61 Å². The lowest BCUT2D eigenvalue weighted by Crippen LogP contribution is -2.00. The molecule has 0 fully saturated rings. The fourth-order valence-electron chi connectivity index (χ4n) is 1.45. The highest BCUT2D eigenvalue weighted by atomic mass is 16.5. The molecule has 0 bridgehead atoms. The highest BCUT2D eigenvalue weighted by molar-refractivity contribution is 5.46. The van der Waals surface area contributed by atoms with Crippen molar-refractivity contribution in [1.82, 2.24) is 15.0 Å². The standard InChI is InChI=1S/C12H13N5O/c1-17-9-11(15-16-17)8-14-10-2-4-12(5-3-10)18-7-6-13/h2-5,9,14H,7-8H2,1H3. The van der Waals surface area contributed by atoms with Crippen molar-refractivity contribution in [2.45, 2.75) is 6.54 Å². The van der Waals surface area contributed by atoms with E-state index >= 15 is 0 Å².